The molecule has 2 aliphatic carbocycles. The molecule has 2 saturated carbocycles. The summed E-state index contributed by atoms with van der Waals surface area (Å²) in [5.74, 6) is 1.00. The highest BCUT2D eigenvalue weighted by Gasteiger charge is 2.19. The highest BCUT2D eigenvalue weighted by Crippen LogP contribution is 2.29. The van der Waals surface area contributed by atoms with E-state index in [1.165, 1.54) is 70.8 Å². The van der Waals surface area contributed by atoms with E-state index in [0.29, 0.717) is 0 Å². The predicted octanol–water partition coefficient (Wildman–Crippen LogP) is 3.51. The van der Waals surface area contributed by atoms with Crippen molar-refractivity contribution in [1.29, 1.82) is 0 Å². The first kappa shape index (κ1) is 13.4. The Morgan fingerprint density at radius 1 is 0.882 bits per heavy atom. The van der Waals surface area contributed by atoms with Gasteiger partial charge in [-0.1, -0.05) is 32.1 Å². The van der Waals surface area contributed by atoms with Crippen molar-refractivity contribution in [2.24, 2.45) is 5.92 Å². The Labute approximate surface area is 107 Å². The third-order valence-corrected chi connectivity index (χ3v) is 4.12. The standard InChI is InChI=1S/C15H29NO/c1(3-11-16-15-8-9-15)2-4-12-17-13-10-14-6-5-7-14/h14-16H,1-13H2. The summed E-state index contributed by atoms with van der Waals surface area (Å²) >= 11 is 0. The predicted molar refractivity (Wildman–Crippen MR) is 72.3 cm³/mol. The van der Waals surface area contributed by atoms with E-state index in [9.17, 15) is 0 Å². The largest absolute Gasteiger partial charge is 0.381 e. The minimum atomic E-state index is 0.879. The van der Waals surface area contributed by atoms with Crippen LogP contribution in [0.25, 0.3) is 0 Å². The van der Waals surface area contributed by atoms with Gasteiger partial charge in [0.2, 0.25) is 0 Å². The third kappa shape index (κ3) is 6.42. The fraction of sp³-hybridized carbons (Fsp3) is 1.00. The smallest absolute Gasteiger partial charge is 0.0468 e. The normalized spacial score (nSPS) is 20.5. The summed E-state index contributed by atoms with van der Waals surface area (Å²) in [6.07, 6.45) is 13.8. The lowest BCUT2D eigenvalue weighted by Gasteiger charge is -2.24. The van der Waals surface area contributed by atoms with Crippen LogP contribution in [-0.2, 0) is 4.74 Å². The maximum absolute atomic E-state index is 5.68. The molecule has 2 nitrogen and oxygen atoms in total. The Bertz CT molecular complexity index is 187. The molecule has 0 atom stereocenters. The van der Waals surface area contributed by atoms with Gasteiger partial charge >= 0.3 is 0 Å². The second-order valence-corrected chi connectivity index (χ2v) is 5.84. The number of rotatable bonds is 11. The summed E-state index contributed by atoms with van der Waals surface area (Å²) in [7, 11) is 0. The number of unbranched alkanes of at least 4 members (excludes halogenated alkanes) is 3. The van der Waals surface area contributed by atoms with Crippen LogP contribution in [-0.4, -0.2) is 25.8 Å². The van der Waals surface area contributed by atoms with E-state index >= 15 is 0 Å². The molecule has 0 heterocycles. The molecule has 0 saturated heterocycles. The molecule has 0 aromatic carbocycles. The summed E-state index contributed by atoms with van der Waals surface area (Å²) in [4.78, 5) is 0. The van der Waals surface area contributed by atoms with Crippen molar-refractivity contribution in [2.45, 2.75) is 70.3 Å². The van der Waals surface area contributed by atoms with Crippen molar-refractivity contribution in [3.63, 3.8) is 0 Å². The van der Waals surface area contributed by atoms with Gasteiger partial charge < -0.3 is 10.1 Å². The Morgan fingerprint density at radius 2 is 1.71 bits per heavy atom. The van der Waals surface area contributed by atoms with Crippen molar-refractivity contribution in [3.05, 3.63) is 0 Å². The Kier molecular flexibility index (Phi) is 6.36. The Balaban J connectivity index is 1.22. The van der Waals surface area contributed by atoms with Crippen molar-refractivity contribution in [2.75, 3.05) is 19.8 Å². The molecular weight excluding hydrogens is 210 g/mol. The number of nitrogens with one attached hydrogen (secondary N) is 1. The van der Waals surface area contributed by atoms with E-state index in [2.05, 4.69) is 5.32 Å². The van der Waals surface area contributed by atoms with Crippen LogP contribution in [0.2, 0.25) is 0 Å². The van der Waals surface area contributed by atoms with Crippen LogP contribution in [0.1, 0.15) is 64.2 Å². The fourth-order valence-electron chi connectivity index (χ4n) is 2.41. The molecule has 0 aliphatic heterocycles. The minimum Gasteiger partial charge on any atom is -0.381 e. The summed E-state index contributed by atoms with van der Waals surface area (Å²) in [5.41, 5.74) is 0. The minimum absolute atomic E-state index is 0.879. The van der Waals surface area contributed by atoms with Crippen LogP contribution in [0.4, 0.5) is 0 Å². The maximum Gasteiger partial charge on any atom is 0.0468 e. The molecule has 0 bridgehead atoms. The van der Waals surface area contributed by atoms with Crippen molar-refractivity contribution >= 4 is 0 Å². The van der Waals surface area contributed by atoms with Gasteiger partial charge in [-0.05, 0) is 44.6 Å². The molecule has 0 unspecified atom stereocenters. The first-order valence-electron chi connectivity index (χ1n) is 7.76. The third-order valence-electron chi connectivity index (χ3n) is 4.12. The lowest BCUT2D eigenvalue weighted by Crippen LogP contribution is -2.17. The summed E-state index contributed by atoms with van der Waals surface area (Å²) < 4.78 is 5.68. The van der Waals surface area contributed by atoms with Crippen molar-refractivity contribution in [3.8, 4) is 0 Å². The molecular formula is C15H29NO. The van der Waals surface area contributed by atoms with E-state index in [-0.39, 0.29) is 0 Å². The van der Waals surface area contributed by atoms with Gasteiger partial charge in [0.1, 0.15) is 0 Å². The molecule has 100 valence electrons. The zero-order chi connectivity index (χ0) is 11.8. The number of hydrogen-bond donors (Lipinski definition) is 1. The molecule has 0 spiro atoms. The SMILES string of the molecule is C(CCCOCCC1CCC1)CCNC1CC1. The quantitative estimate of drug-likeness (QED) is 0.557. The summed E-state index contributed by atoms with van der Waals surface area (Å²) in [6, 6.07) is 0.879. The van der Waals surface area contributed by atoms with Gasteiger partial charge in [-0.3, -0.25) is 0 Å². The molecule has 2 rings (SSSR count). The summed E-state index contributed by atoms with van der Waals surface area (Å²) in [6.45, 7) is 3.23. The van der Waals surface area contributed by atoms with Gasteiger partial charge in [0.25, 0.3) is 0 Å². The van der Waals surface area contributed by atoms with Gasteiger partial charge in [-0.2, -0.15) is 0 Å². The molecule has 2 aliphatic rings. The van der Waals surface area contributed by atoms with Gasteiger partial charge in [-0.25, -0.2) is 0 Å². The van der Waals surface area contributed by atoms with E-state index in [4.69, 9.17) is 4.74 Å². The van der Waals surface area contributed by atoms with Gasteiger partial charge in [-0.15, -0.1) is 0 Å². The van der Waals surface area contributed by atoms with Crippen LogP contribution in [0, 0.1) is 5.92 Å². The summed E-state index contributed by atoms with van der Waals surface area (Å²) in [5, 5.41) is 3.56. The molecule has 0 aromatic heterocycles. The van der Waals surface area contributed by atoms with E-state index in [0.717, 1.165) is 25.2 Å². The molecule has 0 radical (unpaired) electrons. The van der Waals surface area contributed by atoms with E-state index < -0.39 is 0 Å². The first-order valence-corrected chi connectivity index (χ1v) is 7.76. The zero-order valence-corrected chi connectivity index (χ0v) is 11.3. The second-order valence-electron chi connectivity index (χ2n) is 5.84. The topological polar surface area (TPSA) is 21.3 Å². The molecule has 2 fully saturated rings. The lowest BCUT2D eigenvalue weighted by atomic mass is 9.83. The average molecular weight is 239 g/mol. The lowest BCUT2D eigenvalue weighted by molar-refractivity contribution is 0.103. The molecule has 0 aromatic rings. The highest BCUT2D eigenvalue weighted by molar-refractivity contribution is 4.80. The second kappa shape index (κ2) is 8.10. The van der Waals surface area contributed by atoms with E-state index in [1.807, 2.05) is 0 Å². The number of hydrogen-bond acceptors (Lipinski definition) is 2. The molecule has 1 N–H and O–H groups in total. The van der Waals surface area contributed by atoms with Gasteiger partial charge in [0.05, 0.1) is 0 Å². The first-order chi connectivity index (χ1) is 8.45. The van der Waals surface area contributed by atoms with Gasteiger partial charge in [0.15, 0.2) is 0 Å². The Morgan fingerprint density at radius 3 is 2.41 bits per heavy atom. The monoisotopic (exact) mass is 239 g/mol. The van der Waals surface area contributed by atoms with Crippen LogP contribution < -0.4 is 5.32 Å². The molecule has 2 heteroatoms. The van der Waals surface area contributed by atoms with Crippen molar-refractivity contribution < 1.29 is 4.74 Å². The van der Waals surface area contributed by atoms with Crippen LogP contribution >= 0.6 is 0 Å². The van der Waals surface area contributed by atoms with Gasteiger partial charge in [0, 0.05) is 19.3 Å². The van der Waals surface area contributed by atoms with Crippen molar-refractivity contribution in [1.82, 2.24) is 5.32 Å². The molecule has 17 heavy (non-hydrogen) atoms. The van der Waals surface area contributed by atoms with Crippen LogP contribution in [0.3, 0.4) is 0 Å². The average Bonchev–Trinajstić information content (AvgIpc) is 3.07. The van der Waals surface area contributed by atoms with Crippen LogP contribution in [0.5, 0.6) is 0 Å². The molecule has 0 amide bonds. The van der Waals surface area contributed by atoms with E-state index in [1.54, 1.807) is 0 Å². The maximum atomic E-state index is 5.68. The zero-order valence-electron chi connectivity index (χ0n) is 11.3. The number of ether oxygens (including phenoxy) is 1. The van der Waals surface area contributed by atoms with Crippen LogP contribution in [0.15, 0.2) is 0 Å². The Hall–Kier alpha value is -0.0800. The highest BCUT2D eigenvalue weighted by atomic mass is 16.5. The fourth-order valence-corrected chi connectivity index (χ4v) is 2.41.